The van der Waals surface area contributed by atoms with E-state index in [1.807, 2.05) is 30.3 Å². The van der Waals surface area contributed by atoms with Gasteiger partial charge in [0.2, 0.25) is 0 Å². The Hall–Kier alpha value is -1.88. The predicted octanol–water partition coefficient (Wildman–Crippen LogP) is 1.64. The lowest BCUT2D eigenvalue weighted by molar-refractivity contribution is -0.123. The highest BCUT2D eigenvalue weighted by atomic mass is 16.5. The second-order valence-corrected chi connectivity index (χ2v) is 4.98. The molecule has 1 aromatic carbocycles. The van der Waals surface area contributed by atoms with Gasteiger partial charge in [0.15, 0.2) is 0 Å². The fourth-order valence-corrected chi connectivity index (χ4v) is 2.35. The van der Waals surface area contributed by atoms with Gasteiger partial charge in [-0.1, -0.05) is 30.3 Å². The summed E-state index contributed by atoms with van der Waals surface area (Å²) in [6.45, 7) is 0.231. The van der Waals surface area contributed by atoms with E-state index in [2.05, 4.69) is 5.32 Å². The maximum Gasteiger partial charge on any atom is 0.407 e. The summed E-state index contributed by atoms with van der Waals surface area (Å²) in [6, 6.07) is 9.34. The molecule has 0 bridgehead atoms. The summed E-state index contributed by atoms with van der Waals surface area (Å²) in [5.74, 6) is -0.263. The van der Waals surface area contributed by atoms with E-state index in [1.165, 1.54) is 0 Å². The first-order chi connectivity index (χ1) is 9.66. The number of hydrogen-bond donors (Lipinski definition) is 2. The van der Waals surface area contributed by atoms with E-state index < -0.39 is 12.2 Å². The van der Waals surface area contributed by atoms with Gasteiger partial charge >= 0.3 is 6.09 Å². The summed E-state index contributed by atoms with van der Waals surface area (Å²) >= 11 is 0. The Morgan fingerprint density at radius 1 is 1.40 bits per heavy atom. The molecule has 0 spiro atoms. The number of hydrogen-bond acceptors (Lipinski definition) is 4. The normalized spacial score (nSPS) is 19.6. The van der Waals surface area contributed by atoms with Crippen molar-refractivity contribution in [2.75, 3.05) is 6.54 Å². The van der Waals surface area contributed by atoms with Crippen molar-refractivity contribution in [1.82, 2.24) is 5.32 Å². The quantitative estimate of drug-likeness (QED) is 0.858. The van der Waals surface area contributed by atoms with Crippen molar-refractivity contribution in [1.29, 1.82) is 0 Å². The van der Waals surface area contributed by atoms with Gasteiger partial charge in [-0.25, -0.2) is 4.79 Å². The molecular weight excluding hydrogens is 258 g/mol. The molecule has 1 aromatic rings. The van der Waals surface area contributed by atoms with Crippen LogP contribution >= 0.6 is 0 Å². The van der Waals surface area contributed by atoms with Crippen LogP contribution in [0.1, 0.15) is 24.8 Å². The van der Waals surface area contributed by atoms with Gasteiger partial charge in [-0.15, -0.1) is 0 Å². The molecule has 0 heterocycles. The molecule has 1 amide bonds. The number of Topliss-reactive ketones (excluding diaryl/α,β-unsaturated/α-hetero) is 1. The molecule has 2 N–H and O–H groups in total. The van der Waals surface area contributed by atoms with E-state index in [0.29, 0.717) is 12.8 Å². The zero-order valence-electron chi connectivity index (χ0n) is 11.2. The van der Waals surface area contributed by atoms with E-state index in [9.17, 15) is 14.7 Å². The highest BCUT2D eigenvalue weighted by Crippen LogP contribution is 2.24. The van der Waals surface area contributed by atoms with E-state index in [0.717, 1.165) is 12.0 Å². The number of ketones is 1. The minimum atomic E-state index is -0.825. The Bertz CT molecular complexity index is 460. The van der Waals surface area contributed by atoms with E-state index >= 15 is 0 Å². The van der Waals surface area contributed by atoms with Crippen molar-refractivity contribution in [3.63, 3.8) is 0 Å². The largest absolute Gasteiger partial charge is 0.445 e. The lowest BCUT2D eigenvalue weighted by Gasteiger charge is -2.16. The second-order valence-electron chi connectivity index (χ2n) is 4.98. The number of benzene rings is 1. The monoisotopic (exact) mass is 277 g/mol. The first kappa shape index (κ1) is 14.5. The first-order valence-corrected chi connectivity index (χ1v) is 6.82. The molecule has 2 rings (SSSR count). The van der Waals surface area contributed by atoms with Crippen molar-refractivity contribution < 1.29 is 19.4 Å². The van der Waals surface area contributed by atoms with Crippen LogP contribution in [0.15, 0.2) is 30.3 Å². The van der Waals surface area contributed by atoms with Crippen molar-refractivity contribution in [2.24, 2.45) is 5.92 Å². The molecule has 5 nitrogen and oxygen atoms in total. The molecule has 1 aliphatic carbocycles. The van der Waals surface area contributed by atoms with Gasteiger partial charge in [-0.2, -0.15) is 0 Å². The van der Waals surface area contributed by atoms with E-state index in [-0.39, 0.29) is 24.9 Å². The molecule has 1 aliphatic rings. The first-order valence-electron chi connectivity index (χ1n) is 6.82. The lowest BCUT2D eigenvalue weighted by atomic mass is 10.00. The van der Waals surface area contributed by atoms with E-state index in [1.54, 1.807) is 0 Å². The lowest BCUT2D eigenvalue weighted by Crippen LogP contribution is -2.37. The van der Waals surface area contributed by atoms with Crippen LogP contribution in [0.2, 0.25) is 0 Å². The average Bonchev–Trinajstić information content (AvgIpc) is 2.90. The van der Waals surface area contributed by atoms with Crippen LogP contribution < -0.4 is 5.32 Å². The van der Waals surface area contributed by atoms with Gasteiger partial charge in [-0.05, 0) is 18.4 Å². The van der Waals surface area contributed by atoms with Crippen LogP contribution in [0.25, 0.3) is 0 Å². The van der Waals surface area contributed by atoms with Crippen LogP contribution in [0.3, 0.4) is 0 Å². The number of nitrogens with one attached hydrogen (secondary N) is 1. The van der Waals surface area contributed by atoms with Crippen molar-refractivity contribution in [2.45, 2.75) is 32.0 Å². The van der Waals surface area contributed by atoms with Gasteiger partial charge < -0.3 is 15.2 Å². The summed E-state index contributed by atoms with van der Waals surface area (Å²) in [5, 5.41) is 12.3. The van der Waals surface area contributed by atoms with Crippen molar-refractivity contribution in [3.8, 4) is 0 Å². The van der Waals surface area contributed by atoms with Crippen LogP contribution in [-0.2, 0) is 16.1 Å². The van der Waals surface area contributed by atoms with Crippen LogP contribution in [0, 0.1) is 5.92 Å². The molecule has 0 aliphatic heterocycles. The summed E-state index contributed by atoms with van der Waals surface area (Å²) in [6.07, 6.45) is 0.632. The SMILES string of the molecule is O=C(NC[C@H](O)[C@H]1CCCC1=O)OCc1ccccc1. The van der Waals surface area contributed by atoms with Crippen LogP contribution in [-0.4, -0.2) is 29.6 Å². The Labute approximate surface area is 117 Å². The number of aliphatic hydroxyl groups excluding tert-OH is 1. The number of alkyl carbamates (subject to hydrolysis) is 1. The maximum atomic E-state index is 11.5. The second kappa shape index (κ2) is 7.05. The molecule has 5 heteroatoms. The third-order valence-corrected chi connectivity index (χ3v) is 3.48. The molecule has 0 aromatic heterocycles. The smallest absolute Gasteiger partial charge is 0.407 e. The number of amides is 1. The fraction of sp³-hybridized carbons (Fsp3) is 0.467. The fourth-order valence-electron chi connectivity index (χ4n) is 2.35. The Morgan fingerprint density at radius 3 is 2.80 bits per heavy atom. The zero-order chi connectivity index (χ0) is 14.4. The standard InChI is InChI=1S/C15H19NO4/c17-13-8-4-7-12(13)14(18)9-16-15(19)20-10-11-5-2-1-3-6-11/h1-3,5-6,12,14,18H,4,7-10H2,(H,16,19)/t12-,14-/m0/s1. The highest BCUT2D eigenvalue weighted by Gasteiger charge is 2.30. The Kier molecular flexibility index (Phi) is 5.12. The van der Waals surface area contributed by atoms with Gasteiger partial charge in [0.1, 0.15) is 12.4 Å². The van der Waals surface area contributed by atoms with E-state index in [4.69, 9.17) is 4.74 Å². The zero-order valence-corrected chi connectivity index (χ0v) is 11.2. The summed E-state index contributed by atoms with van der Waals surface area (Å²) in [7, 11) is 0. The number of ether oxygens (including phenoxy) is 1. The topological polar surface area (TPSA) is 75.6 Å². The highest BCUT2D eigenvalue weighted by molar-refractivity contribution is 5.83. The Morgan fingerprint density at radius 2 is 2.15 bits per heavy atom. The molecule has 108 valence electrons. The number of carbonyl (C=O) groups excluding carboxylic acids is 2. The molecule has 1 saturated carbocycles. The van der Waals surface area contributed by atoms with Gasteiger partial charge in [0, 0.05) is 18.9 Å². The van der Waals surface area contributed by atoms with Gasteiger partial charge in [0.25, 0.3) is 0 Å². The van der Waals surface area contributed by atoms with Crippen LogP contribution in [0.5, 0.6) is 0 Å². The summed E-state index contributed by atoms with van der Waals surface area (Å²) < 4.78 is 5.02. The third kappa shape index (κ3) is 4.06. The minimum absolute atomic E-state index is 0.0457. The average molecular weight is 277 g/mol. The molecule has 0 radical (unpaired) electrons. The predicted molar refractivity (Wildman–Crippen MR) is 73.0 cm³/mol. The van der Waals surface area contributed by atoms with Crippen molar-refractivity contribution in [3.05, 3.63) is 35.9 Å². The Balaban J connectivity index is 1.68. The number of rotatable bonds is 5. The van der Waals surface area contributed by atoms with Crippen molar-refractivity contribution >= 4 is 11.9 Å². The minimum Gasteiger partial charge on any atom is -0.445 e. The van der Waals surface area contributed by atoms with Gasteiger partial charge in [-0.3, -0.25) is 4.79 Å². The van der Waals surface area contributed by atoms with Crippen LogP contribution in [0.4, 0.5) is 4.79 Å². The summed E-state index contributed by atoms with van der Waals surface area (Å²) in [4.78, 5) is 23.0. The molecule has 2 atom stereocenters. The third-order valence-electron chi connectivity index (χ3n) is 3.48. The molecule has 0 unspecified atom stereocenters. The number of carbonyl (C=O) groups is 2. The molecule has 20 heavy (non-hydrogen) atoms. The van der Waals surface area contributed by atoms with Gasteiger partial charge in [0.05, 0.1) is 6.10 Å². The maximum absolute atomic E-state index is 11.5. The number of aliphatic hydroxyl groups is 1. The molecule has 0 saturated heterocycles. The molecule has 1 fully saturated rings. The summed E-state index contributed by atoms with van der Waals surface area (Å²) in [5.41, 5.74) is 0.897. The molecular formula is C15H19NO4.